The summed E-state index contributed by atoms with van der Waals surface area (Å²) in [6.45, 7) is 3.81. The molecule has 2 aromatic carbocycles. The number of anilines is 1. The maximum atomic E-state index is 11.8. The van der Waals surface area contributed by atoms with E-state index in [1.54, 1.807) is 0 Å². The van der Waals surface area contributed by atoms with Crippen molar-refractivity contribution >= 4 is 17.9 Å². The molecule has 1 N–H and O–H groups in total. The average molecular weight is 281 g/mol. The summed E-state index contributed by atoms with van der Waals surface area (Å²) in [6, 6.07) is 19.2. The van der Waals surface area contributed by atoms with Crippen molar-refractivity contribution in [2.75, 3.05) is 5.32 Å². The summed E-state index contributed by atoms with van der Waals surface area (Å²) in [7, 11) is 0. The number of para-hydroxylation sites is 1. The number of hydrogen-bond acceptors (Lipinski definition) is 2. The van der Waals surface area contributed by atoms with Gasteiger partial charge in [-0.25, -0.2) is 4.79 Å². The number of benzene rings is 2. The molecular formula is C18H19NO2. The third-order valence-corrected chi connectivity index (χ3v) is 3.14. The smallest absolute Gasteiger partial charge is 0.412 e. The van der Waals surface area contributed by atoms with E-state index in [9.17, 15) is 4.79 Å². The third-order valence-electron chi connectivity index (χ3n) is 3.14. The summed E-state index contributed by atoms with van der Waals surface area (Å²) in [4.78, 5) is 11.8. The summed E-state index contributed by atoms with van der Waals surface area (Å²) < 4.78 is 5.37. The molecular weight excluding hydrogens is 262 g/mol. The molecule has 0 aliphatic carbocycles. The average Bonchev–Trinajstić information content (AvgIpc) is 2.49. The van der Waals surface area contributed by atoms with Gasteiger partial charge in [0.1, 0.15) is 6.10 Å². The lowest BCUT2D eigenvalue weighted by Gasteiger charge is -2.14. The van der Waals surface area contributed by atoms with E-state index in [2.05, 4.69) is 5.32 Å². The summed E-state index contributed by atoms with van der Waals surface area (Å²) in [5.74, 6) is 0. The molecule has 2 aromatic rings. The van der Waals surface area contributed by atoms with Crippen molar-refractivity contribution in [3.05, 3.63) is 71.8 Å². The quantitative estimate of drug-likeness (QED) is 0.880. The molecule has 0 heterocycles. The molecule has 0 aliphatic rings. The van der Waals surface area contributed by atoms with Crippen molar-refractivity contribution in [3.8, 4) is 0 Å². The molecule has 3 heteroatoms. The molecule has 0 saturated heterocycles. The zero-order chi connectivity index (χ0) is 15.1. The van der Waals surface area contributed by atoms with Crippen molar-refractivity contribution in [3.63, 3.8) is 0 Å². The topological polar surface area (TPSA) is 38.3 Å². The monoisotopic (exact) mass is 281 g/mol. The second-order valence-corrected chi connectivity index (χ2v) is 4.84. The second kappa shape index (κ2) is 7.29. The van der Waals surface area contributed by atoms with Crippen LogP contribution < -0.4 is 5.32 Å². The fourth-order valence-corrected chi connectivity index (χ4v) is 1.85. The molecule has 1 atom stereocenters. The van der Waals surface area contributed by atoms with Crippen molar-refractivity contribution in [1.29, 1.82) is 0 Å². The van der Waals surface area contributed by atoms with Crippen LogP contribution in [0.4, 0.5) is 10.5 Å². The van der Waals surface area contributed by atoms with Gasteiger partial charge in [0.05, 0.1) is 0 Å². The fourth-order valence-electron chi connectivity index (χ4n) is 1.85. The number of rotatable bonds is 4. The van der Waals surface area contributed by atoms with Crippen LogP contribution in [0.1, 0.15) is 19.4 Å². The number of carbonyl (C=O) groups excluding carboxylic acids is 1. The minimum atomic E-state index is -0.450. The Morgan fingerprint density at radius 2 is 1.62 bits per heavy atom. The molecule has 3 nitrogen and oxygen atoms in total. The molecule has 2 rings (SSSR count). The molecule has 1 amide bonds. The van der Waals surface area contributed by atoms with E-state index in [0.29, 0.717) is 0 Å². The highest BCUT2D eigenvalue weighted by Gasteiger charge is 2.11. The lowest BCUT2D eigenvalue weighted by atomic mass is 10.1. The Morgan fingerprint density at radius 1 is 1.05 bits per heavy atom. The Hall–Kier alpha value is -2.55. The van der Waals surface area contributed by atoms with Crippen LogP contribution in [0.25, 0.3) is 6.08 Å². The first-order valence-corrected chi connectivity index (χ1v) is 6.91. The molecule has 0 saturated carbocycles. The highest BCUT2D eigenvalue weighted by atomic mass is 16.6. The van der Waals surface area contributed by atoms with Crippen LogP contribution in [-0.4, -0.2) is 12.2 Å². The van der Waals surface area contributed by atoms with Crippen molar-refractivity contribution < 1.29 is 9.53 Å². The first kappa shape index (κ1) is 14.9. The predicted molar refractivity (Wildman–Crippen MR) is 86.1 cm³/mol. The van der Waals surface area contributed by atoms with Gasteiger partial charge in [-0.05, 0) is 37.1 Å². The SMILES string of the molecule is CC(=Cc1ccccc1)C(C)OC(=O)Nc1ccccc1. The fraction of sp³-hybridized carbons (Fsp3) is 0.167. The van der Waals surface area contributed by atoms with Crippen LogP contribution >= 0.6 is 0 Å². The number of carbonyl (C=O) groups is 1. The standard InChI is InChI=1S/C18H19NO2/c1-14(13-16-9-5-3-6-10-16)15(2)21-18(20)19-17-11-7-4-8-12-17/h3-13,15H,1-2H3,(H,19,20). The van der Waals surface area contributed by atoms with Gasteiger partial charge in [0.25, 0.3) is 0 Å². The van der Waals surface area contributed by atoms with Gasteiger partial charge in [0.2, 0.25) is 0 Å². The van der Waals surface area contributed by atoms with E-state index in [-0.39, 0.29) is 6.10 Å². The summed E-state index contributed by atoms with van der Waals surface area (Å²) >= 11 is 0. The van der Waals surface area contributed by atoms with Gasteiger partial charge in [0.15, 0.2) is 0 Å². The molecule has 108 valence electrons. The Balaban J connectivity index is 1.93. The number of nitrogens with one attached hydrogen (secondary N) is 1. The normalized spacial score (nSPS) is 12.6. The van der Waals surface area contributed by atoms with Crippen molar-refractivity contribution in [1.82, 2.24) is 0 Å². The Labute approximate surface area is 125 Å². The molecule has 0 aromatic heterocycles. The van der Waals surface area contributed by atoms with E-state index >= 15 is 0 Å². The van der Waals surface area contributed by atoms with E-state index < -0.39 is 6.09 Å². The maximum Gasteiger partial charge on any atom is 0.412 e. The van der Waals surface area contributed by atoms with Crippen LogP contribution in [-0.2, 0) is 4.74 Å². The van der Waals surface area contributed by atoms with Gasteiger partial charge in [-0.15, -0.1) is 0 Å². The Bertz CT molecular complexity index is 606. The van der Waals surface area contributed by atoms with Gasteiger partial charge in [-0.2, -0.15) is 0 Å². The lowest BCUT2D eigenvalue weighted by Crippen LogP contribution is -2.20. The number of amides is 1. The summed E-state index contributed by atoms with van der Waals surface area (Å²) in [6.07, 6.45) is 1.28. The first-order valence-electron chi connectivity index (χ1n) is 6.91. The Kier molecular flexibility index (Phi) is 5.16. The zero-order valence-electron chi connectivity index (χ0n) is 12.2. The number of hydrogen-bond donors (Lipinski definition) is 1. The van der Waals surface area contributed by atoms with Gasteiger partial charge in [-0.1, -0.05) is 54.6 Å². The molecule has 0 bridgehead atoms. The molecule has 0 spiro atoms. The van der Waals surface area contributed by atoms with Gasteiger partial charge in [0, 0.05) is 5.69 Å². The zero-order valence-corrected chi connectivity index (χ0v) is 12.2. The maximum absolute atomic E-state index is 11.8. The highest BCUT2D eigenvalue weighted by Crippen LogP contribution is 2.13. The van der Waals surface area contributed by atoms with E-state index in [4.69, 9.17) is 4.74 Å². The summed E-state index contributed by atoms with van der Waals surface area (Å²) in [5, 5.41) is 2.70. The minimum absolute atomic E-state index is 0.283. The van der Waals surface area contributed by atoms with Crippen LogP contribution in [0, 0.1) is 0 Å². The van der Waals surface area contributed by atoms with Gasteiger partial charge in [-0.3, -0.25) is 5.32 Å². The first-order chi connectivity index (χ1) is 10.1. The number of ether oxygens (including phenoxy) is 1. The van der Waals surface area contributed by atoms with Gasteiger partial charge < -0.3 is 4.74 Å². The van der Waals surface area contributed by atoms with E-state index in [0.717, 1.165) is 16.8 Å². The van der Waals surface area contributed by atoms with E-state index in [1.807, 2.05) is 80.6 Å². The molecule has 0 fully saturated rings. The van der Waals surface area contributed by atoms with Crippen LogP contribution in [0.15, 0.2) is 66.2 Å². The summed E-state index contributed by atoms with van der Waals surface area (Å²) in [5.41, 5.74) is 2.80. The molecule has 0 radical (unpaired) electrons. The molecule has 1 unspecified atom stereocenters. The van der Waals surface area contributed by atoms with Crippen LogP contribution in [0.3, 0.4) is 0 Å². The third kappa shape index (κ3) is 4.80. The van der Waals surface area contributed by atoms with Crippen LogP contribution in [0.2, 0.25) is 0 Å². The van der Waals surface area contributed by atoms with E-state index in [1.165, 1.54) is 0 Å². The lowest BCUT2D eigenvalue weighted by molar-refractivity contribution is 0.137. The van der Waals surface area contributed by atoms with Crippen LogP contribution in [0.5, 0.6) is 0 Å². The largest absolute Gasteiger partial charge is 0.442 e. The van der Waals surface area contributed by atoms with Gasteiger partial charge >= 0.3 is 6.09 Å². The Morgan fingerprint density at radius 3 is 2.24 bits per heavy atom. The molecule has 0 aliphatic heterocycles. The second-order valence-electron chi connectivity index (χ2n) is 4.84. The minimum Gasteiger partial charge on any atom is -0.442 e. The highest BCUT2D eigenvalue weighted by molar-refractivity contribution is 5.84. The molecule has 21 heavy (non-hydrogen) atoms. The van der Waals surface area contributed by atoms with Crippen molar-refractivity contribution in [2.24, 2.45) is 0 Å². The van der Waals surface area contributed by atoms with Crippen molar-refractivity contribution in [2.45, 2.75) is 20.0 Å². The predicted octanol–water partition coefficient (Wildman–Crippen LogP) is 4.73.